The fourth-order valence-corrected chi connectivity index (χ4v) is 2.31. The van der Waals surface area contributed by atoms with Gasteiger partial charge in [0.2, 0.25) is 0 Å². The molecule has 2 rings (SSSR count). The highest BCUT2D eigenvalue weighted by Crippen LogP contribution is 2.10. The van der Waals surface area contributed by atoms with Gasteiger partial charge in [0.25, 0.3) is 5.91 Å². The van der Waals surface area contributed by atoms with Gasteiger partial charge in [-0.25, -0.2) is 9.59 Å². The first kappa shape index (κ1) is 18.2. The molecule has 6 heteroatoms. The predicted molar refractivity (Wildman–Crippen MR) is 91.6 cm³/mol. The topological polar surface area (TPSA) is 92.7 Å². The zero-order chi connectivity index (χ0) is 18.4. The molecule has 1 atom stereocenters. The first-order chi connectivity index (χ1) is 11.9. The molecule has 0 aliphatic heterocycles. The third-order valence-electron chi connectivity index (χ3n) is 3.71. The summed E-state index contributed by atoms with van der Waals surface area (Å²) in [6.45, 7) is 1.94. The number of benzene rings is 2. The molecule has 0 heterocycles. The van der Waals surface area contributed by atoms with Crippen LogP contribution in [0.15, 0.2) is 48.5 Å². The van der Waals surface area contributed by atoms with Crippen molar-refractivity contribution >= 4 is 17.8 Å². The van der Waals surface area contributed by atoms with Crippen molar-refractivity contribution in [2.24, 2.45) is 0 Å². The minimum absolute atomic E-state index is 0.165. The largest absolute Gasteiger partial charge is 0.480 e. The number of hydrogen-bond donors (Lipinski definition) is 2. The van der Waals surface area contributed by atoms with Gasteiger partial charge < -0.3 is 15.2 Å². The number of ether oxygens (including phenoxy) is 1. The maximum absolute atomic E-state index is 12.3. The molecule has 130 valence electrons. The lowest BCUT2D eigenvalue weighted by Gasteiger charge is -2.15. The summed E-state index contributed by atoms with van der Waals surface area (Å²) < 4.78 is 4.61. The second kappa shape index (κ2) is 8.10. The third-order valence-corrected chi connectivity index (χ3v) is 3.71. The molecule has 0 spiro atoms. The Kier molecular flexibility index (Phi) is 5.89. The standard InChI is InChI=1S/C19H19NO5/c1-12-6-8-13(9-7-12)10-16(18(22)23)20-17(21)14-4-3-5-15(11-14)19(24)25-2/h3-9,11,16H,10H2,1-2H3,(H,20,21)(H,22,23)/t16-/m0/s1. The van der Waals surface area contributed by atoms with Gasteiger partial charge in [-0.05, 0) is 30.7 Å². The summed E-state index contributed by atoms with van der Waals surface area (Å²) in [7, 11) is 1.25. The fourth-order valence-electron chi connectivity index (χ4n) is 2.31. The van der Waals surface area contributed by atoms with E-state index in [1.54, 1.807) is 0 Å². The number of carboxylic acids is 1. The van der Waals surface area contributed by atoms with Gasteiger partial charge in [-0.1, -0.05) is 35.9 Å². The van der Waals surface area contributed by atoms with Crippen LogP contribution in [0.5, 0.6) is 0 Å². The van der Waals surface area contributed by atoms with Gasteiger partial charge >= 0.3 is 11.9 Å². The maximum Gasteiger partial charge on any atom is 0.337 e. The third kappa shape index (κ3) is 4.91. The number of amides is 1. The lowest BCUT2D eigenvalue weighted by Crippen LogP contribution is -2.42. The molecule has 2 aromatic rings. The Morgan fingerprint density at radius 3 is 2.32 bits per heavy atom. The van der Waals surface area contributed by atoms with Crippen LogP contribution >= 0.6 is 0 Å². The van der Waals surface area contributed by atoms with Crippen molar-refractivity contribution in [2.45, 2.75) is 19.4 Å². The van der Waals surface area contributed by atoms with Crippen LogP contribution in [0.1, 0.15) is 31.8 Å². The molecule has 0 aliphatic rings. The number of methoxy groups -OCH3 is 1. The Morgan fingerprint density at radius 2 is 1.72 bits per heavy atom. The van der Waals surface area contributed by atoms with Crippen LogP contribution in [-0.4, -0.2) is 36.1 Å². The second-order valence-corrected chi connectivity index (χ2v) is 5.63. The average molecular weight is 341 g/mol. The molecule has 0 unspecified atom stereocenters. The summed E-state index contributed by atoms with van der Waals surface area (Å²) in [6, 6.07) is 12.3. The Bertz CT molecular complexity index is 783. The number of nitrogens with one attached hydrogen (secondary N) is 1. The molecular weight excluding hydrogens is 322 g/mol. The van der Waals surface area contributed by atoms with Gasteiger partial charge in [-0.15, -0.1) is 0 Å². The van der Waals surface area contributed by atoms with E-state index in [2.05, 4.69) is 10.1 Å². The van der Waals surface area contributed by atoms with Crippen LogP contribution in [0.3, 0.4) is 0 Å². The fraction of sp³-hybridized carbons (Fsp3) is 0.211. The van der Waals surface area contributed by atoms with E-state index in [1.807, 2.05) is 31.2 Å². The molecular formula is C19H19NO5. The first-order valence-corrected chi connectivity index (χ1v) is 7.68. The molecule has 0 saturated heterocycles. The van der Waals surface area contributed by atoms with Crippen LogP contribution in [0, 0.1) is 6.92 Å². The smallest absolute Gasteiger partial charge is 0.337 e. The molecule has 0 aromatic heterocycles. The highest BCUT2D eigenvalue weighted by Gasteiger charge is 2.21. The van der Waals surface area contributed by atoms with E-state index in [0.717, 1.165) is 11.1 Å². The van der Waals surface area contributed by atoms with E-state index in [0.29, 0.717) is 0 Å². The number of carboxylic acid groups (broad SMARTS) is 1. The van der Waals surface area contributed by atoms with Crippen molar-refractivity contribution in [3.05, 3.63) is 70.8 Å². The number of rotatable bonds is 6. The van der Waals surface area contributed by atoms with Crippen molar-refractivity contribution in [3.63, 3.8) is 0 Å². The quantitative estimate of drug-likeness (QED) is 0.786. The number of esters is 1. The predicted octanol–water partition coefficient (Wildman–Crippen LogP) is 2.21. The number of aliphatic carboxylic acids is 1. The van der Waals surface area contributed by atoms with Gasteiger partial charge in [0.15, 0.2) is 0 Å². The molecule has 6 nitrogen and oxygen atoms in total. The van der Waals surface area contributed by atoms with Crippen LogP contribution < -0.4 is 5.32 Å². The van der Waals surface area contributed by atoms with Crippen LogP contribution in [0.25, 0.3) is 0 Å². The molecule has 2 aromatic carbocycles. The zero-order valence-electron chi connectivity index (χ0n) is 14.0. The minimum Gasteiger partial charge on any atom is -0.480 e. The number of hydrogen-bond acceptors (Lipinski definition) is 4. The first-order valence-electron chi connectivity index (χ1n) is 7.68. The van der Waals surface area contributed by atoms with Gasteiger partial charge in [0.05, 0.1) is 12.7 Å². The van der Waals surface area contributed by atoms with Crippen LogP contribution in [0.4, 0.5) is 0 Å². The van der Waals surface area contributed by atoms with E-state index < -0.39 is 23.9 Å². The Labute approximate surface area is 145 Å². The zero-order valence-corrected chi connectivity index (χ0v) is 14.0. The summed E-state index contributed by atoms with van der Waals surface area (Å²) in [6.07, 6.45) is 0.165. The van der Waals surface area contributed by atoms with E-state index in [-0.39, 0.29) is 17.5 Å². The van der Waals surface area contributed by atoms with Crippen LogP contribution in [0.2, 0.25) is 0 Å². The summed E-state index contributed by atoms with van der Waals surface area (Å²) in [5, 5.41) is 11.9. The van der Waals surface area contributed by atoms with Crippen molar-refractivity contribution in [2.75, 3.05) is 7.11 Å². The molecule has 0 bridgehead atoms. The Balaban J connectivity index is 2.13. The Morgan fingerprint density at radius 1 is 1.08 bits per heavy atom. The number of carbonyl (C=O) groups is 3. The van der Waals surface area contributed by atoms with Gasteiger partial charge in [0.1, 0.15) is 6.04 Å². The van der Waals surface area contributed by atoms with Crippen molar-refractivity contribution in [1.82, 2.24) is 5.32 Å². The molecule has 0 radical (unpaired) electrons. The normalized spacial score (nSPS) is 11.4. The summed E-state index contributed by atoms with van der Waals surface area (Å²) in [4.78, 5) is 35.3. The lowest BCUT2D eigenvalue weighted by atomic mass is 10.0. The number of carbonyl (C=O) groups excluding carboxylic acids is 2. The van der Waals surface area contributed by atoms with Crippen molar-refractivity contribution < 1.29 is 24.2 Å². The highest BCUT2D eigenvalue weighted by molar-refractivity contribution is 5.99. The molecule has 1 amide bonds. The average Bonchev–Trinajstić information content (AvgIpc) is 2.62. The van der Waals surface area contributed by atoms with Gasteiger partial charge in [-0.3, -0.25) is 4.79 Å². The maximum atomic E-state index is 12.3. The van der Waals surface area contributed by atoms with Crippen molar-refractivity contribution in [3.8, 4) is 0 Å². The van der Waals surface area contributed by atoms with E-state index in [1.165, 1.54) is 31.4 Å². The number of aryl methyl sites for hydroxylation is 1. The molecule has 2 N–H and O–H groups in total. The second-order valence-electron chi connectivity index (χ2n) is 5.63. The SMILES string of the molecule is COC(=O)c1cccc(C(=O)N[C@@H](Cc2ccc(C)cc2)C(=O)O)c1. The monoisotopic (exact) mass is 341 g/mol. The highest BCUT2D eigenvalue weighted by atomic mass is 16.5. The lowest BCUT2D eigenvalue weighted by molar-refractivity contribution is -0.139. The van der Waals surface area contributed by atoms with E-state index in [4.69, 9.17) is 0 Å². The van der Waals surface area contributed by atoms with E-state index >= 15 is 0 Å². The summed E-state index contributed by atoms with van der Waals surface area (Å²) in [5.74, 6) is -2.26. The van der Waals surface area contributed by atoms with Gasteiger partial charge in [-0.2, -0.15) is 0 Å². The van der Waals surface area contributed by atoms with Crippen LogP contribution in [-0.2, 0) is 16.0 Å². The summed E-state index contributed by atoms with van der Waals surface area (Å²) >= 11 is 0. The molecule has 0 aliphatic carbocycles. The van der Waals surface area contributed by atoms with Crippen molar-refractivity contribution in [1.29, 1.82) is 0 Å². The summed E-state index contributed by atoms with van der Waals surface area (Å²) in [5.41, 5.74) is 2.29. The molecule has 25 heavy (non-hydrogen) atoms. The molecule has 0 fully saturated rings. The Hall–Kier alpha value is -3.15. The molecule has 0 saturated carbocycles. The van der Waals surface area contributed by atoms with E-state index in [9.17, 15) is 19.5 Å². The van der Waals surface area contributed by atoms with Gasteiger partial charge in [0, 0.05) is 12.0 Å². The minimum atomic E-state index is -1.13.